The van der Waals surface area contributed by atoms with Gasteiger partial charge in [0.05, 0.1) is 25.1 Å². The predicted octanol–water partition coefficient (Wildman–Crippen LogP) is 7.05. The maximum Gasteiger partial charge on any atom is 0.337 e. The molecule has 0 N–H and O–H groups in total. The maximum absolute atomic E-state index is 15.4. The number of esters is 1. The van der Waals surface area contributed by atoms with Gasteiger partial charge in [-0.25, -0.2) is 92.6 Å². The lowest BCUT2D eigenvalue weighted by Gasteiger charge is -2.44. The number of halogens is 20. The van der Waals surface area contributed by atoms with E-state index in [0.29, 0.717) is 5.56 Å². The van der Waals surface area contributed by atoms with Crippen molar-refractivity contribution in [3.05, 3.63) is 177 Å². The Morgan fingerprint density at radius 1 is 0.435 bits per heavy atom. The van der Waals surface area contributed by atoms with Crippen molar-refractivity contribution in [3.63, 3.8) is 0 Å². The fourth-order valence-corrected chi connectivity index (χ4v) is 6.40. The molecule has 0 bridgehead atoms. The molecule has 0 unspecified atom stereocenters. The van der Waals surface area contributed by atoms with Crippen LogP contribution in [0.1, 0.15) is 15.9 Å². The zero-order valence-electron chi connectivity index (χ0n) is 29.7. The molecule has 5 aromatic carbocycles. The van der Waals surface area contributed by atoms with Gasteiger partial charge in [-0.3, -0.25) is 4.98 Å². The fraction of sp³-hybridized carbons (Fsp3) is 0.0541. The largest absolute Gasteiger partial charge is 0.465 e. The summed E-state index contributed by atoms with van der Waals surface area (Å²) in [5.41, 5.74) is -12.6. The van der Waals surface area contributed by atoms with E-state index in [4.69, 9.17) is 0 Å². The summed E-state index contributed by atoms with van der Waals surface area (Å²) in [6, 6.07) is 7.37. The van der Waals surface area contributed by atoms with Crippen LogP contribution >= 0.6 is 0 Å². The van der Waals surface area contributed by atoms with Crippen molar-refractivity contribution in [2.75, 3.05) is 7.11 Å². The molecule has 4 nitrogen and oxygen atoms in total. The topological polar surface area (TPSA) is 43.1 Å². The minimum Gasteiger partial charge on any atom is -0.465 e. The first-order chi connectivity index (χ1) is 29.0. The Labute approximate surface area is 331 Å². The van der Waals surface area contributed by atoms with Crippen molar-refractivity contribution in [2.24, 2.45) is 0 Å². The van der Waals surface area contributed by atoms with E-state index in [2.05, 4.69) is 9.72 Å². The van der Waals surface area contributed by atoms with E-state index >= 15 is 35.1 Å². The lowest BCUT2D eigenvalue weighted by Crippen LogP contribution is -2.81. The molecule has 0 atom stereocenters. The molecule has 1 heterocycles. The fourth-order valence-electron chi connectivity index (χ4n) is 6.40. The first kappa shape index (κ1) is 46.4. The highest BCUT2D eigenvalue weighted by molar-refractivity contribution is 7.20. The third kappa shape index (κ3) is 7.31. The van der Waals surface area contributed by atoms with Crippen molar-refractivity contribution >= 4 is 34.0 Å². The van der Waals surface area contributed by atoms with Crippen LogP contribution in [0.3, 0.4) is 0 Å². The number of carbonyl (C=O) groups is 1. The van der Waals surface area contributed by atoms with Crippen LogP contribution < -0.4 is 26.4 Å². The van der Waals surface area contributed by atoms with Gasteiger partial charge < -0.3 is 4.74 Å². The number of nitrogens with zero attached hydrogens (tertiary/aromatic N) is 2. The molecule has 6 aromatic rings. The number of hydrogen-bond donors (Lipinski definition) is 0. The lowest BCUT2D eigenvalue weighted by molar-refractivity contribution is -0.688. The average Bonchev–Trinajstić information content (AvgIpc) is 3.26. The van der Waals surface area contributed by atoms with Gasteiger partial charge in [0.1, 0.15) is 52.7 Å². The van der Waals surface area contributed by atoms with Gasteiger partial charge in [0.15, 0.2) is 88.7 Å². The van der Waals surface area contributed by atoms with Crippen molar-refractivity contribution in [3.8, 4) is 0 Å². The summed E-state index contributed by atoms with van der Waals surface area (Å²) in [7, 11) is 1.38. The number of aromatic nitrogens is 2. The second-order valence-corrected chi connectivity index (χ2v) is 12.4. The summed E-state index contributed by atoms with van der Waals surface area (Å²) in [6.45, 7) is 0.754. The van der Waals surface area contributed by atoms with Crippen LogP contribution in [-0.2, 0) is 11.3 Å². The molecule has 0 spiro atoms. The number of hydrogen-bond acceptors (Lipinski definition) is 3. The summed E-state index contributed by atoms with van der Waals surface area (Å²) in [5.74, 6) is -71.7. The molecular formula is C37H13BF20N2O2. The number of carbonyl (C=O) groups excluding carboxylic acids is 1. The van der Waals surface area contributed by atoms with Gasteiger partial charge >= 0.3 is 5.97 Å². The highest BCUT2D eigenvalue weighted by Crippen LogP contribution is 2.30. The normalized spacial score (nSPS) is 11.4. The standard InChI is InChI=1S/C24BF20.C13H13N2O2/c26-5-1(6(27)14(35)21(42)13(5)34)25(2-7(28)15(36)22(43)16(37)8(2)29,3-9(30)17(38)23(44)18(39)10(3)31)4-11(32)19(40)24(45)20(41)12(4)33;1-17-13(16)12-4-2-11(3-5-12)10-15-8-6-14-7-9-15/h;2-9H,10H2,1H3/q-1;+1. The van der Waals surface area contributed by atoms with Crippen LogP contribution in [0.4, 0.5) is 87.8 Å². The molecule has 0 fully saturated rings. The Bertz CT molecular complexity index is 2390. The Balaban J connectivity index is 0.000000355. The van der Waals surface area contributed by atoms with Gasteiger partial charge in [0.2, 0.25) is 0 Å². The van der Waals surface area contributed by atoms with Crippen molar-refractivity contribution in [1.29, 1.82) is 0 Å². The molecule has 25 heteroatoms. The molecule has 6 rings (SSSR count). The third-order valence-corrected chi connectivity index (χ3v) is 9.14. The number of ether oxygens (including phenoxy) is 1. The van der Waals surface area contributed by atoms with Crippen LogP contribution in [0.15, 0.2) is 49.1 Å². The van der Waals surface area contributed by atoms with Gasteiger partial charge in [-0.2, -0.15) is 4.57 Å². The van der Waals surface area contributed by atoms with Crippen LogP contribution in [0.2, 0.25) is 0 Å². The van der Waals surface area contributed by atoms with Crippen LogP contribution in [0.5, 0.6) is 0 Å². The highest BCUT2D eigenvalue weighted by atomic mass is 19.2. The van der Waals surface area contributed by atoms with Crippen LogP contribution in [0, 0.1) is 116 Å². The SMILES string of the molecule is COC(=O)c1ccc(C[n+]2ccncc2)cc1.Fc1c(F)c(F)c([B-](c2c(F)c(F)c(F)c(F)c2F)(c2c(F)c(F)c(F)c(F)c2F)c2c(F)c(F)c(F)c(F)c2F)c(F)c1F. The summed E-state index contributed by atoms with van der Waals surface area (Å²) >= 11 is 0. The second-order valence-electron chi connectivity index (χ2n) is 12.4. The molecule has 326 valence electrons. The molecular weight excluding hydrogens is 895 g/mol. The first-order valence-corrected chi connectivity index (χ1v) is 16.2. The summed E-state index contributed by atoms with van der Waals surface area (Å²) in [6.07, 6.45) is 0.0549. The Hall–Kier alpha value is -6.69. The molecule has 62 heavy (non-hydrogen) atoms. The molecule has 0 saturated heterocycles. The van der Waals surface area contributed by atoms with E-state index < -0.39 is 144 Å². The summed E-state index contributed by atoms with van der Waals surface area (Å²) < 4.78 is 301. The zero-order chi connectivity index (χ0) is 46.4. The van der Waals surface area contributed by atoms with Gasteiger partial charge in [0.25, 0.3) is 0 Å². The number of benzene rings is 5. The summed E-state index contributed by atoms with van der Waals surface area (Å²) in [5, 5.41) is 0. The molecule has 0 aliphatic rings. The highest BCUT2D eigenvalue weighted by Gasteiger charge is 2.52. The van der Waals surface area contributed by atoms with E-state index in [9.17, 15) is 57.5 Å². The molecule has 1 aromatic heterocycles. The van der Waals surface area contributed by atoms with E-state index in [1.807, 2.05) is 29.1 Å². The molecule has 0 saturated carbocycles. The third-order valence-electron chi connectivity index (χ3n) is 9.14. The monoisotopic (exact) mass is 908 g/mol. The van der Waals surface area contributed by atoms with E-state index in [1.54, 1.807) is 24.5 Å². The van der Waals surface area contributed by atoms with Gasteiger partial charge in [-0.1, -0.05) is 12.1 Å². The lowest BCUT2D eigenvalue weighted by atomic mass is 9.12. The second kappa shape index (κ2) is 17.4. The number of methoxy groups -OCH3 is 1. The van der Waals surface area contributed by atoms with Crippen molar-refractivity contribution < 1.29 is 102 Å². The smallest absolute Gasteiger partial charge is 0.337 e. The van der Waals surface area contributed by atoms with E-state index in [1.165, 1.54) is 7.11 Å². The van der Waals surface area contributed by atoms with Gasteiger partial charge in [0, 0.05) is 5.56 Å². The molecule has 0 radical (unpaired) electrons. The van der Waals surface area contributed by atoms with Crippen LogP contribution in [-0.4, -0.2) is 24.2 Å². The molecule has 0 aliphatic carbocycles. The zero-order valence-corrected chi connectivity index (χ0v) is 29.7. The van der Waals surface area contributed by atoms with E-state index in [-0.39, 0.29) is 5.97 Å². The predicted molar refractivity (Wildman–Crippen MR) is 171 cm³/mol. The van der Waals surface area contributed by atoms with Gasteiger partial charge in [-0.05, 0) is 12.1 Å². The first-order valence-electron chi connectivity index (χ1n) is 16.2. The number of rotatable bonds is 7. The Kier molecular flexibility index (Phi) is 13.0. The van der Waals surface area contributed by atoms with Crippen molar-refractivity contribution in [2.45, 2.75) is 6.54 Å². The Morgan fingerprint density at radius 3 is 0.919 bits per heavy atom. The Morgan fingerprint density at radius 2 is 0.677 bits per heavy atom. The minimum atomic E-state index is -7.22. The van der Waals surface area contributed by atoms with Crippen molar-refractivity contribution in [1.82, 2.24) is 4.98 Å². The minimum absolute atomic E-state index is 0.312. The van der Waals surface area contributed by atoms with Crippen LogP contribution in [0.25, 0.3) is 0 Å². The van der Waals surface area contributed by atoms with Gasteiger partial charge in [-0.15, -0.1) is 21.9 Å². The quantitative estimate of drug-likeness (QED) is 0.0431. The summed E-state index contributed by atoms with van der Waals surface area (Å²) in [4.78, 5) is 15.2. The molecule has 0 aliphatic heterocycles. The van der Waals surface area contributed by atoms with E-state index in [0.717, 1.165) is 12.1 Å². The molecule has 0 amide bonds. The maximum atomic E-state index is 15.4. The average molecular weight is 908 g/mol.